The Labute approximate surface area is 124 Å². The second kappa shape index (κ2) is 5.87. The molecule has 1 aliphatic rings. The first kappa shape index (κ1) is 14.9. The molecular formula is C15H21N3OS. The minimum Gasteiger partial charge on any atom is -0.273 e. The Hall–Kier alpha value is -1.49. The van der Waals surface area contributed by atoms with Gasteiger partial charge in [0.15, 0.2) is 0 Å². The molecule has 0 saturated carbocycles. The number of hydrazone groups is 1. The van der Waals surface area contributed by atoms with Crippen LogP contribution in [0.1, 0.15) is 44.3 Å². The average Bonchev–Trinajstić information content (AvgIpc) is 2.69. The van der Waals surface area contributed by atoms with Crippen LogP contribution in [0.3, 0.4) is 0 Å². The van der Waals surface area contributed by atoms with Gasteiger partial charge in [-0.25, -0.2) is 10.4 Å². The minimum absolute atomic E-state index is 0.110. The van der Waals surface area contributed by atoms with E-state index in [9.17, 15) is 4.79 Å². The number of thiazole rings is 1. The number of rotatable bonds is 3. The second-order valence-corrected chi connectivity index (χ2v) is 7.15. The third kappa shape index (κ3) is 4.27. The summed E-state index contributed by atoms with van der Waals surface area (Å²) >= 11 is 1.51. The molecule has 1 N–H and O–H groups in total. The third-order valence-electron chi connectivity index (χ3n) is 3.13. The Morgan fingerprint density at radius 3 is 2.80 bits per heavy atom. The van der Waals surface area contributed by atoms with Crippen LogP contribution < -0.4 is 5.43 Å². The van der Waals surface area contributed by atoms with E-state index < -0.39 is 0 Å². The van der Waals surface area contributed by atoms with Crippen LogP contribution in [0.5, 0.6) is 0 Å². The molecule has 0 aromatic carbocycles. The second-order valence-electron chi connectivity index (χ2n) is 6.21. The van der Waals surface area contributed by atoms with Crippen LogP contribution in [-0.4, -0.2) is 16.6 Å². The molecule has 1 aromatic heterocycles. The number of carbonyl (C=O) groups is 1. The Morgan fingerprint density at radius 1 is 1.45 bits per heavy atom. The van der Waals surface area contributed by atoms with Crippen molar-refractivity contribution in [3.8, 4) is 0 Å². The Kier molecular flexibility index (Phi) is 4.38. The monoisotopic (exact) mass is 291 g/mol. The van der Waals surface area contributed by atoms with Crippen molar-refractivity contribution in [3.05, 3.63) is 27.7 Å². The molecule has 20 heavy (non-hydrogen) atoms. The highest BCUT2D eigenvalue weighted by Gasteiger charge is 2.24. The summed E-state index contributed by atoms with van der Waals surface area (Å²) in [6.45, 7) is 8.48. The first-order valence-corrected chi connectivity index (χ1v) is 7.66. The summed E-state index contributed by atoms with van der Waals surface area (Å²) in [4.78, 5) is 16.1. The molecule has 0 atom stereocenters. The molecule has 5 heteroatoms. The van der Waals surface area contributed by atoms with Gasteiger partial charge < -0.3 is 0 Å². The zero-order valence-electron chi connectivity index (χ0n) is 12.5. The van der Waals surface area contributed by atoms with E-state index in [1.165, 1.54) is 16.9 Å². The van der Waals surface area contributed by atoms with E-state index >= 15 is 0 Å². The molecule has 4 nitrogen and oxygen atoms in total. The predicted octanol–water partition coefficient (Wildman–Crippen LogP) is 3.23. The predicted molar refractivity (Wildman–Crippen MR) is 82.9 cm³/mol. The van der Waals surface area contributed by atoms with Gasteiger partial charge in [-0.2, -0.15) is 5.10 Å². The van der Waals surface area contributed by atoms with Crippen LogP contribution in [0.25, 0.3) is 0 Å². The smallest absolute Gasteiger partial charge is 0.246 e. The van der Waals surface area contributed by atoms with E-state index in [4.69, 9.17) is 0 Å². The maximum atomic E-state index is 11.8. The fraction of sp³-hybridized carbons (Fsp3) is 0.533. The molecule has 0 saturated heterocycles. The zero-order chi connectivity index (χ0) is 14.8. The van der Waals surface area contributed by atoms with Crippen LogP contribution in [-0.2, 0) is 11.2 Å². The lowest BCUT2D eigenvalue weighted by molar-refractivity contribution is -0.120. The number of aryl methyl sites for hydroxylation is 1. The van der Waals surface area contributed by atoms with Gasteiger partial charge in [0.2, 0.25) is 5.91 Å². The summed E-state index contributed by atoms with van der Waals surface area (Å²) in [5.74, 6) is -0.110. The van der Waals surface area contributed by atoms with Gasteiger partial charge in [0, 0.05) is 11.1 Å². The Bertz CT molecular complexity index is 569. The number of hydrogen-bond donors (Lipinski definition) is 1. The zero-order valence-corrected chi connectivity index (χ0v) is 13.3. The van der Waals surface area contributed by atoms with Gasteiger partial charge in [-0.05, 0) is 38.2 Å². The van der Waals surface area contributed by atoms with Gasteiger partial charge in [-0.15, -0.1) is 11.3 Å². The molecule has 0 unspecified atom stereocenters. The maximum Gasteiger partial charge on any atom is 0.246 e. The fourth-order valence-corrected chi connectivity index (χ4v) is 3.33. The van der Waals surface area contributed by atoms with Crippen molar-refractivity contribution >= 4 is 23.0 Å². The highest BCUT2D eigenvalue weighted by Crippen LogP contribution is 2.33. The van der Waals surface area contributed by atoms with E-state index in [1.54, 1.807) is 0 Å². The summed E-state index contributed by atoms with van der Waals surface area (Å²) in [5.41, 5.74) is 6.07. The van der Waals surface area contributed by atoms with Gasteiger partial charge in [0.1, 0.15) is 5.01 Å². The molecule has 0 radical (unpaired) electrons. The van der Waals surface area contributed by atoms with Crippen molar-refractivity contribution in [3.63, 3.8) is 0 Å². The lowest BCUT2D eigenvalue weighted by atomic mass is 9.77. The summed E-state index contributed by atoms with van der Waals surface area (Å²) in [6.07, 6.45) is 4.33. The number of nitrogens with one attached hydrogen (secondary N) is 1. The van der Waals surface area contributed by atoms with Crippen molar-refractivity contribution in [2.24, 2.45) is 10.5 Å². The minimum atomic E-state index is -0.110. The summed E-state index contributed by atoms with van der Waals surface area (Å²) in [5, 5.41) is 7.03. The Balaban J connectivity index is 1.95. The summed E-state index contributed by atoms with van der Waals surface area (Å²) < 4.78 is 0. The fourth-order valence-electron chi connectivity index (χ4n) is 2.56. The van der Waals surface area contributed by atoms with Crippen LogP contribution in [0.15, 0.2) is 22.1 Å². The van der Waals surface area contributed by atoms with Crippen LogP contribution in [0.2, 0.25) is 0 Å². The molecule has 1 aromatic rings. The van der Waals surface area contributed by atoms with E-state index in [0.717, 1.165) is 29.3 Å². The van der Waals surface area contributed by atoms with Gasteiger partial charge in [-0.1, -0.05) is 19.4 Å². The highest BCUT2D eigenvalue weighted by molar-refractivity contribution is 7.09. The van der Waals surface area contributed by atoms with Crippen molar-refractivity contribution < 1.29 is 4.79 Å². The molecular weight excluding hydrogens is 270 g/mol. The van der Waals surface area contributed by atoms with Crippen molar-refractivity contribution in [2.45, 2.75) is 47.0 Å². The number of carbonyl (C=O) groups excluding carboxylic acids is 1. The molecule has 0 aliphatic heterocycles. The number of amides is 1. The molecule has 1 aliphatic carbocycles. The SMILES string of the molecule is CC1=C/C(=N\NC(=O)Cc2nc(C)cs2)CC(C)(C)C1. The molecule has 2 rings (SSSR count). The van der Waals surface area contributed by atoms with Crippen molar-refractivity contribution in [1.29, 1.82) is 0 Å². The van der Waals surface area contributed by atoms with Crippen LogP contribution >= 0.6 is 11.3 Å². The Morgan fingerprint density at radius 2 is 2.20 bits per heavy atom. The number of nitrogens with zero attached hydrogens (tertiary/aromatic N) is 2. The standard InChI is InChI=1S/C15H21N3OS/c1-10-5-12(8-15(3,4)7-10)17-18-13(19)6-14-16-11(2)9-20-14/h5,9H,6-8H2,1-4H3,(H,18,19)/b17-12+. The van der Waals surface area contributed by atoms with Crippen molar-refractivity contribution in [1.82, 2.24) is 10.4 Å². The lowest BCUT2D eigenvalue weighted by Crippen LogP contribution is -2.26. The van der Waals surface area contributed by atoms with E-state index in [0.29, 0.717) is 6.42 Å². The van der Waals surface area contributed by atoms with Gasteiger partial charge in [0.25, 0.3) is 0 Å². The molecule has 1 heterocycles. The van der Waals surface area contributed by atoms with Gasteiger partial charge in [0.05, 0.1) is 12.1 Å². The summed E-state index contributed by atoms with van der Waals surface area (Å²) in [7, 11) is 0. The first-order valence-electron chi connectivity index (χ1n) is 6.78. The topological polar surface area (TPSA) is 54.4 Å². The lowest BCUT2D eigenvalue weighted by Gasteiger charge is -2.29. The maximum absolute atomic E-state index is 11.8. The normalized spacial score (nSPS) is 19.8. The molecule has 0 bridgehead atoms. The summed E-state index contributed by atoms with van der Waals surface area (Å²) in [6, 6.07) is 0. The number of hydrogen-bond acceptors (Lipinski definition) is 4. The number of aromatic nitrogens is 1. The average molecular weight is 291 g/mol. The molecule has 108 valence electrons. The molecule has 1 amide bonds. The number of allylic oxidation sites excluding steroid dienone is 2. The van der Waals surface area contributed by atoms with Gasteiger partial charge in [-0.3, -0.25) is 4.79 Å². The van der Waals surface area contributed by atoms with Crippen LogP contribution in [0, 0.1) is 12.3 Å². The quantitative estimate of drug-likeness (QED) is 0.869. The highest BCUT2D eigenvalue weighted by atomic mass is 32.1. The van der Waals surface area contributed by atoms with E-state index in [-0.39, 0.29) is 11.3 Å². The molecule has 0 fully saturated rings. The van der Waals surface area contributed by atoms with Crippen LogP contribution in [0.4, 0.5) is 0 Å². The van der Waals surface area contributed by atoms with E-state index in [2.05, 4.69) is 42.4 Å². The third-order valence-corrected chi connectivity index (χ3v) is 4.10. The van der Waals surface area contributed by atoms with E-state index in [1.807, 2.05) is 12.3 Å². The molecule has 0 spiro atoms. The van der Waals surface area contributed by atoms with Crippen molar-refractivity contribution in [2.75, 3.05) is 0 Å². The first-order chi connectivity index (χ1) is 9.34. The largest absolute Gasteiger partial charge is 0.273 e. The van der Waals surface area contributed by atoms with Gasteiger partial charge >= 0.3 is 0 Å².